The van der Waals surface area contributed by atoms with Gasteiger partial charge in [-0.2, -0.15) is 0 Å². The van der Waals surface area contributed by atoms with Gasteiger partial charge in [0.2, 0.25) is 0 Å². The first-order chi connectivity index (χ1) is 13.1. The molecule has 0 unspecified atom stereocenters. The number of nitrogens with one attached hydrogen (secondary N) is 1. The van der Waals surface area contributed by atoms with E-state index in [2.05, 4.69) is 22.4 Å². The summed E-state index contributed by atoms with van der Waals surface area (Å²) < 4.78 is 5.98. The number of para-hydroxylation sites is 1. The Bertz CT molecular complexity index is 893. The summed E-state index contributed by atoms with van der Waals surface area (Å²) in [7, 11) is 0. The van der Waals surface area contributed by atoms with Crippen LogP contribution in [-0.2, 0) is 6.42 Å². The Morgan fingerprint density at radius 1 is 1.00 bits per heavy atom. The van der Waals surface area contributed by atoms with E-state index in [9.17, 15) is 4.79 Å². The molecule has 0 spiro atoms. The van der Waals surface area contributed by atoms with Gasteiger partial charge in [0, 0.05) is 17.4 Å². The number of benzene rings is 2. The number of amides is 1. The van der Waals surface area contributed by atoms with Crippen LogP contribution >= 0.6 is 0 Å². The summed E-state index contributed by atoms with van der Waals surface area (Å²) in [5, 5.41) is 2.92. The molecule has 1 N–H and O–H groups in total. The van der Waals surface area contributed by atoms with E-state index in [1.165, 1.54) is 5.56 Å². The quantitative estimate of drug-likeness (QED) is 0.606. The van der Waals surface area contributed by atoms with Gasteiger partial charge in [0.1, 0.15) is 11.3 Å². The Balaban J connectivity index is 1.69. The number of hydrogen-bond acceptors (Lipinski definition) is 3. The van der Waals surface area contributed by atoms with Crippen LogP contribution in [0, 0.1) is 13.8 Å². The highest BCUT2D eigenvalue weighted by Crippen LogP contribution is 2.24. The first kappa shape index (κ1) is 18.6. The maximum atomic E-state index is 12.8. The second-order valence-corrected chi connectivity index (χ2v) is 6.48. The lowest BCUT2D eigenvalue weighted by molar-refractivity contribution is 0.102. The molecule has 1 amide bonds. The van der Waals surface area contributed by atoms with E-state index in [0.717, 1.165) is 24.2 Å². The van der Waals surface area contributed by atoms with Gasteiger partial charge in [-0.25, -0.2) is 0 Å². The number of pyridine rings is 1. The minimum atomic E-state index is -0.204. The molecule has 0 aliphatic heterocycles. The number of rotatable bonds is 7. The van der Waals surface area contributed by atoms with Crippen molar-refractivity contribution in [2.45, 2.75) is 26.7 Å². The van der Waals surface area contributed by atoms with Crippen LogP contribution in [0.5, 0.6) is 5.75 Å². The van der Waals surface area contributed by atoms with Crippen molar-refractivity contribution in [1.29, 1.82) is 0 Å². The Hall–Kier alpha value is -3.14. The predicted molar refractivity (Wildman–Crippen MR) is 108 cm³/mol. The fraction of sp³-hybridized carbons (Fsp3) is 0.217. The zero-order valence-corrected chi connectivity index (χ0v) is 15.7. The average Bonchev–Trinajstić information content (AvgIpc) is 2.66. The maximum Gasteiger partial charge on any atom is 0.261 e. The smallest absolute Gasteiger partial charge is 0.261 e. The van der Waals surface area contributed by atoms with E-state index >= 15 is 0 Å². The molecule has 138 valence electrons. The van der Waals surface area contributed by atoms with Gasteiger partial charge in [0.15, 0.2) is 0 Å². The van der Waals surface area contributed by atoms with E-state index in [1.807, 2.05) is 68.4 Å². The SMILES string of the molecule is Cc1cc(OCCCc2ccccc2)c(C(=O)Nc2ccccc2)c(C)n1. The van der Waals surface area contributed by atoms with E-state index in [4.69, 9.17) is 4.74 Å². The Morgan fingerprint density at radius 3 is 2.37 bits per heavy atom. The molecular formula is C23H24N2O2. The lowest BCUT2D eigenvalue weighted by Gasteiger charge is -2.14. The normalized spacial score (nSPS) is 10.4. The summed E-state index contributed by atoms with van der Waals surface area (Å²) in [5.74, 6) is 0.380. The molecule has 4 nitrogen and oxygen atoms in total. The number of nitrogens with zero attached hydrogens (tertiary/aromatic N) is 1. The number of hydrogen-bond donors (Lipinski definition) is 1. The van der Waals surface area contributed by atoms with Crippen LogP contribution in [0.25, 0.3) is 0 Å². The van der Waals surface area contributed by atoms with Crippen molar-refractivity contribution < 1.29 is 9.53 Å². The van der Waals surface area contributed by atoms with Gasteiger partial charge < -0.3 is 10.1 Å². The monoisotopic (exact) mass is 360 g/mol. The number of carbonyl (C=O) groups is 1. The standard InChI is InChI=1S/C23H24N2O2/c1-17-16-21(27-15-9-12-19-10-5-3-6-11-19)22(18(2)24-17)23(26)25-20-13-7-4-8-14-20/h3-8,10-11,13-14,16H,9,12,15H2,1-2H3,(H,25,26). The van der Waals surface area contributed by atoms with Crippen LogP contribution in [0.3, 0.4) is 0 Å². The molecule has 0 saturated heterocycles. The lowest BCUT2D eigenvalue weighted by Crippen LogP contribution is -2.17. The van der Waals surface area contributed by atoms with Crippen molar-refractivity contribution in [3.8, 4) is 5.75 Å². The molecule has 0 bridgehead atoms. The highest BCUT2D eigenvalue weighted by Gasteiger charge is 2.18. The summed E-state index contributed by atoms with van der Waals surface area (Å²) in [6.07, 6.45) is 1.82. The van der Waals surface area contributed by atoms with Crippen LogP contribution in [0.4, 0.5) is 5.69 Å². The van der Waals surface area contributed by atoms with Gasteiger partial charge in [-0.15, -0.1) is 0 Å². The van der Waals surface area contributed by atoms with Gasteiger partial charge in [-0.3, -0.25) is 9.78 Å². The summed E-state index contributed by atoms with van der Waals surface area (Å²) >= 11 is 0. The van der Waals surface area contributed by atoms with Crippen LogP contribution in [-0.4, -0.2) is 17.5 Å². The predicted octanol–water partition coefficient (Wildman–Crippen LogP) is 4.96. The lowest BCUT2D eigenvalue weighted by atomic mass is 10.1. The summed E-state index contributed by atoms with van der Waals surface area (Å²) in [4.78, 5) is 17.2. The fourth-order valence-corrected chi connectivity index (χ4v) is 3.00. The molecule has 0 aliphatic carbocycles. The van der Waals surface area contributed by atoms with E-state index in [-0.39, 0.29) is 5.91 Å². The van der Waals surface area contributed by atoms with Gasteiger partial charge in [0.25, 0.3) is 5.91 Å². The molecule has 3 rings (SSSR count). The number of aromatic nitrogens is 1. The van der Waals surface area contributed by atoms with E-state index < -0.39 is 0 Å². The third kappa shape index (κ3) is 5.17. The van der Waals surface area contributed by atoms with Crippen LogP contribution in [0.1, 0.15) is 33.7 Å². The van der Waals surface area contributed by atoms with Gasteiger partial charge in [0.05, 0.1) is 12.3 Å². The highest BCUT2D eigenvalue weighted by molar-refractivity contribution is 6.07. The highest BCUT2D eigenvalue weighted by atomic mass is 16.5. The molecule has 4 heteroatoms. The van der Waals surface area contributed by atoms with Crippen LogP contribution in [0.2, 0.25) is 0 Å². The minimum Gasteiger partial charge on any atom is -0.493 e. The molecule has 0 radical (unpaired) electrons. The molecule has 0 aliphatic rings. The maximum absolute atomic E-state index is 12.8. The third-order valence-corrected chi connectivity index (χ3v) is 4.26. The number of anilines is 1. The Kier molecular flexibility index (Phi) is 6.21. The van der Waals surface area contributed by atoms with Crippen LogP contribution < -0.4 is 10.1 Å². The average molecular weight is 360 g/mol. The zero-order valence-electron chi connectivity index (χ0n) is 15.7. The second-order valence-electron chi connectivity index (χ2n) is 6.48. The molecule has 3 aromatic rings. The summed E-state index contributed by atoms with van der Waals surface area (Å²) in [6.45, 7) is 4.29. The zero-order chi connectivity index (χ0) is 19.1. The van der Waals surface area contributed by atoms with Crippen molar-refractivity contribution in [2.75, 3.05) is 11.9 Å². The van der Waals surface area contributed by atoms with Crippen molar-refractivity contribution in [3.63, 3.8) is 0 Å². The molecule has 27 heavy (non-hydrogen) atoms. The minimum absolute atomic E-state index is 0.204. The van der Waals surface area contributed by atoms with Crippen LogP contribution in [0.15, 0.2) is 66.7 Å². The van der Waals surface area contributed by atoms with Crippen molar-refractivity contribution in [3.05, 3.63) is 89.2 Å². The molecule has 0 fully saturated rings. The molecule has 1 heterocycles. The first-order valence-corrected chi connectivity index (χ1v) is 9.15. The largest absolute Gasteiger partial charge is 0.493 e. The van der Waals surface area contributed by atoms with Gasteiger partial charge in [-0.05, 0) is 44.4 Å². The topological polar surface area (TPSA) is 51.2 Å². The molecular weight excluding hydrogens is 336 g/mol. The number of ether oxygens (including phenoxy) is 1. The van der Waals surface area contributed by atoms with Gasteiger partial charge >= 0.3 is 0 Å². The van der Waals surface area contributed by atoms with E-state index in [0.29, 0.717) is 23.6 Å². The van der Waals surface area contributed by atoms with Crippen molar-refractivity contribution >= 4 is 11.6 Å². The van der Waals surface area contributed by atoms with Gasteiger partial charge in [-0.1, -0.05) is 48.5 Å². The molecule has 2 aromatic carbocycles. The fourth-order valence-electron chi connectivity index (χ4n) is 3.00. The Morgan fingerprint density at radius 2 is 1.67 bits per heavy atom. The Labute approximate surface area is 160 Å². The first-order valence-electron chi connectivity index (χ1n) is 9.15. The summed E-state index contributed by atoms with van der Waals surface area (Å²) in [5.41, 5.74) is 4.02. The third-order valence-electron chi connectivity index (χ3n) is 4.26. The molecule has 1 aromatic heterocycles. The summed E-state index contributed by atoms with van der Waals surface area (Å²) in [6, 6.07) is 21.5. The second kappa shape index (κ2) is 8.99. The van der Waals surface area contributed by atoms with Crippen molar-refractivity contribution in [2.24, 2.45) is 0 Å². The van der Waals surface area contributed by atoms with E-state index in [1.54, 1.807) is 0 Å². The molecule has 0 saturated carbocycles. The number of carbonyl (C=O) groups excluding carboxylic acids is 1. The number of aryl methyl sites for hydroxylation is 3. The van der Waals surface area contributed by atoms with Crippen molar-refractivity contribution in [1.82, 2.24) is 4.98 Å². The molecule has 0 atom stereocenters.